The number of halogens is 3. The fraction of sp³-hybridized carbons (Fsp3) is 0.333. The fourth-order valence-electron chi connectivity index (χ4n) is 1.72. The van der Waals surface area contributed by atoms with Gasteiger partial charge in [-0.15, -0.1) is 10.2 Å². The number of aromatic nitrogens is 3. The Labute approximate surface area is 133 Å². The van der Waals surface area contributed by atoms with Crippen molar-refractivity contribution in [3.05, 3.63) is 33.5 Å². The molecule has 0 N–H and O–H groups in total. The zero-order valence-electron chi connectivity index (χ0n) is 10.2. The Morgan fingerprint density at radius 1 is 1.37 bits per heavy atom. The third-order valence-corrected chi connectivity index (χ3v) is 3.95. The van der Waals surface area contributed by atoms with E-state index in [9.17, 15) is 0 Å². The van der Waals surface area contributed by atoms with E-state index in [1.807, 2.05) is 22.8 Å². The Bertz CT molecular complexity index is 574. The summed E-state index contributed by atoms with van der Waals surface area (Å²) in [7, 11) is 1.67. The highest BCUT2D eigenvalue weighted by Crippen LogP contribution is 2.30. The van der Waals surface area contributed by atoms with E-state index in [4.69, 9.17) is 16.3 Å². The number of rotatable bonds is 5. The predicted molar refractivity (Wildman–Crippen MR) is 82.7 cm³/mol. The third-order valence-electron chi connectivity index (χ3n) is 2.64. The van der Waals surface area contributed by atoms with Crippen LogP contribution >= 0.6 is 43.5 Å². The lowest BCUT2D eigenvalue weighted by Crippen LogP contribution is -2.09. The molecule has 0 bridgehead atoms. The van der Waals surface area contributed by atoms with E-state index < -0.39 is 0 Å². The first-order chi connectivity index (χ1) is 9.17. The number of benzene rings is 1. The smallest absolute Gasteiger partial charge is 0.165 e. The molecule has 1 aromatic carbocycles. The highest BCUT2D eigenvalue weighted by Gasteiger charge is 2.15. The Balaban J connectivity index is 2.46. The molecule has 2 aromatic rings. The molecule has 0 aliphatic heterocycles. The molecule has 0 aliphatic carbocycles. The quantitative estimate of drug-likeness (QED) is 0.703. The maximum absolute atomic E-state index is 6.27. The molecule has 0 saturated heterocycles. The summed E-state index contributed by atoms with van der Waals surface area (Å²) in [5.74, 6) is 1.61. The van der Waals surface area contributed by atoms with E-state index in [1.54, 1.807) is 7.11 Å². The van der Waals surface area contributed by atoms with Crippen molar-refractivity contribution in [2.45, 2.75) is 11.9 Å². The van der Waals surface area contributed by atoms with Crippen LogP contribution in [-0.2, 0) is 16.6 Å². The largest absolute Gasteiger partial charge is 0.383 e. The highest BCUT2D eigenvalue weighted by atomic mass is 79.9. The first kappa shape index (κ1) is 15.0. The van der Waals surface area contributed by atoms with Gasteiger partial charge >= 0.3 is 0 Å². The van der Waals surface area contributed by atoms with Crippen LogP contribution in [0.4, 0.5) is 0 Å². The summed E-state index contributed by atoms with van der Waals surface area (Å²) in [5, 5.41) is 9.67. The first-order valence-corrected chi connectivity index (χ1v) is 7.89. The maximum atomic E-state index is 6.27. The van der Waals surface area contributed by atoms with E-state index in [0.29, 0.717) is 23.5 Å². The molecule has 0 aliphatic rings. The summed E-state index contributed by atoms with van der Waals surface area (Å²) >= 11 is 13.1. The van der Waals surface area contributed by atoms with Gasteiger partial charge in [0, 0.05) is 23.7 Å². The molecular weight excluding hydrogens is 397 g/mol. The van der Waals surface area contributed by atoms with Crippen LogP contribution in [0.2, 0.25) is 5.02 Å². The zero-order chi connectivity index (χ0) is 13.8. The van der Waals surface area contributed by atoms with E-state index in [0.717, 1.165) is 21.7 Å². The topological polar surface area (TPSA) is 39.9 Å². The summed E-state index contributed by atoms with van der Waals surface area (Å²) in [6, 6.07) is 5.71. The summed E-state index contributed by atoms with van der Waals surface area (Å²) < 4.78 is 8.07. The summed E-state index contributed by atoms with van der Waals surface area (Å²) in [6.45, 7) is 1.28. The average Bonchev–Trinajstić information content (AvgIpc) is 2.79. The molecule has 19 heavy (non-hydrogen) atoms. The van der Waals surface area contributed by atoms with Crippen LogP contribution in [0, 0.1) is 0 Å². The number of nitrogens with zero attached hydrogens (tertiary/aromatic N) is 3. The van der Waals surface area contributed by atoms with E-state index >= 15 is 0 Å². The van der Waals surface area contributed by atoms with Gasteiger partial charge in [0.1, 0.15) is 5.82 Å². The van der Waals surface area contributed by atoms with Gasteiger partial charge in [-0.25, -0.2) is 0 Å². The highest BCUT2D eigenvalue weighted by molar-refractivity contribution is 9.10. The molecule has 0 unspecified atom stereocenters. The lowest BCUT2D eigenvalue weighted by molar-refractivity contribution is 0.187. The van der Waals surface area contributed by atoms with Crippen molar-refractivity contribution < 1.29 is 4.74 Å². The number of alkyl halides is 1. The summed E-state index contributed by atoms with van der Waals surface area (Å²) in [4.78, 5) is 0. The van der Waals surface area contributed by atoms with Gasteiger partial charge in [0.25, 0.3) is 0 Å². The van der Waals surface area contributed by atoms with Crippen LogP contribution in [0.3, 0.4) is 0 Å². The molecule has 0 radical (unpaired) electrons. The Hall–Kier alpha value is -0.430. The molecule has 1 heterocycles. The summed E-state index contributed by atoms with van der Waals surface area (Å²) in [6.07, 6.45) is 0. The van der Waals surface area contributed by atoms with Crippen molar-refractivity contribution in [2.24, 2.45) is 0 Å². The van der Waals surface area contributed by atoms with Crippen LogP contribution in [0.25, 0.3) is 11.4 Å². The molecule has 0 fully saturated rings. The maximum Gasteiger partial charge on any atom is 0.165 e. The van der Waals surface area contributed by atoms with Crippen molar-refractivity contribution in [3.63, 3.8) is 0 Å². The molecule has 0 atom stereocenters. The van der Waals surface area contributed by atoms with Gasteiger partial charge in [0.15, 0.2) is 5.82 Å². The van der Waals surface area contributed by atoms with Gasteiger partial charge < -0.3 is 9.30 Å². The standard InChI is InChI=1S/C12H12Br2ClN3O/c1-19-5-4-18-11(7-13)16-17-12(18)9-3-2-8(14)6-10(9)15/h2-3,6H,4-5,7H2,1H3. The molecule has 7 heteroatoms. The van der Waals surface area contributed by atoms with Gasteiger partial charge in [0.05, 0.1) is 17.0 Å². The van der Waals surface area contributed by atoms with Gasteiger partial charge in [-0.1, -0.05) is 43.5 Å². The van der Waals surface area contributed by atoms with Gasteiger partial charge in [-0.2, -0.15) is 0 Å². The lowest BCUT2D eigenvalue weighted by atomic mass is 10.2. The Morgan fingerprint density at radius 2 is 2.16 bits per heavy atom. The zero-order valence-corrected chi connectivity index (χ0v) is 14.2. The minimum Gasteiger partial charge on any atom is -0.383 e. The monoisotopic (exact) mass is 407 g/mol. The van der Waals surface area contributed by atoms with Crippen LogP contribution in [0.5, 0.6) is 0 Å². The molecule has 102 valence electrons. The van der Waals surface area contributed by atoms with Gasteiger partial charge in [-0.05, 0) is 18.2 Å². The van der Waals surface area contributed by atoms with Crippen molar-refractivity contribution in [3.8, 4) is 11.4 Å². The Kier molecular flexibility index (Phi) is 5.38. The SMILES string of the molecule is COCCn1c(CBr)nnc1-c1ccc(Br)cc1Cl. The summed E-state index contributed by atoms with van der Waals surface area (Å²) in [5.41, 5.74) is 0.862. The molecule has 2 rings (SSSR count). The molecule has 0 amide bonds. The average molecular weight is 410 g/mol. The van der Waals surface area contributed by atoms with Crippen molar-refractivity contribution in [2.75, 3.05) is 13.7 Å². The van der Waals surface area contributed by atoms with Gasteiger partial charge in [-0.3, -0.25) is 0 Å². The molecule has 4 nitrogen and oxygen atoms in total. The second-order valence-corrected chi connectivity index (χ2v) is 5.73. The molecule has 1 aromatic heterocycles. The molecular formula is C12H12Br2ClN3O. The predicted octanol–water partition coefficient (Wildman–Crippen LogP) is 3.90. The second-order valence-electron chi connectivity index (χ2n) is 3.84. The second kappa shape index (κ2) is 6.83. The number of methoxy groups -OCH3 is 1. The Morgan fingerprint density at radius 3 is 2.79 bits per heavy atom. The van der Waals surface area contributed by atoms with Crippen LogP contribution < -0.4 is 0 Å². The lowest BCUT2D eigenvalue weighted by Gasteiger charge is -2.10. The molecule has 0 spiro atoms. The minimum absolute atomic E-state index is 0.596. The van der Waals surface area contributed by atoms with Crippen molar-refractivity contribution in [1.29, 1.82) is 0 Å². The normalized spacial score (nSPS) is 10.9. The van der Waals surface area contributed by atoms with Crippen LogP contribution in [0.1, 0.15) is 5.82 Å². The number of hydrogen-bond acceptors (Lipinski definition) is 3. The third kappa shape index (κ3) is 3.37. The minimum atomic E-state index is 0.596. The van der Waals surface area contributed by atoms with Crippen LogP contribution in [-0.4, -0.2) is 28.5 Å². The van der Waals surface area contributed by atoms with E-state index in [-0.39, 0.29) is 0 Å². The van der Waals surface area contributed by atoms with Gasteiger partial charge in [0.2, 0.25) is 0 Å². The fourth-order valence-corrected chi connectivity index (χ4v) is 2.89. The number of hydrogen-bond donors (Lipinski definition) is 0. The molecule has 0 saturated carbocycles. The number of ether oxygens (including phenoxy) is 1. The van der Waals surface area contributed by atoms with E-state index in [2.05, 4.69) is 42.1 Å². The first-order valence-electron chi connectivity index (χ1n) is 5.59. The van der Waals surface area contributed by atoms with Crippen LogP contribution in [0.15, 0.2) is 22.7 Å². The van der Waals surface area contributed by atoms with E-state index in [1.165, 1.54) is 0 Å². The van der Waals surface area contributed by atoms with Crippen molar-refractivity contribution in [1.82, 2.24) is 14.8 Å². The van der Waals surface area contributed by atoms with Crippen molar-refractivity contribution >= 4 is 43.5 Å².